The van der Waals surface area contributed by atoms with Gasteiger partial charge in [0, 0.05) is 19.6 Å². The molecule has 0 fully saturated rings. The van der Waals surface area contributed by atoms with Gasteiger partial charge in [-0.3, -0.25) is 0 Å². The van der Waals surface area contributed by atoms with Gasteiger partial charge in [0.25, 0.3) is 0 Å². The molecule has 0 spiro atoms. The third-order valence-corrected chi connectivity index (χ3v) is 2.84. The van der Waals surface area contributed by atoms with Crippen LogP contribution in [0.4, 0.5) is 10.1 Å². The Balaban J connectivity index is 2.79. The zero-order valence-electron chi connectivity index (χ0n) is 11.6. The lowest BCUT2D eigenvalue weighted by Crippen LogP contribution is -2.55. The van der Waals surface area contributed by atoms with Crippen LogP contribution < -0.4 is 10.2 Å². The molecular formula is C14H23FN2O. The summed E-state index contributed by atoms with van der Waals surface area (Å²) in [7, 11) is 1.83. The maximum absolute atomic E-state index is 13.7. The standard InChI is InChI=1S/C14H23FN2O/c1-11(2)16-14(3,10-18)9-17(4)13-8-6-5-7-12(13)15/h5-8,11,16,18H,9-10H2,1-4H3. The van der Waals surface area contributed by atoms with Gasteiger partial charge in [0.1, 0.15) is 5.82 Å². The summed E-state index contributed by atoms with van der Waals surface area (Å²) in [5.74, 6) is -0.246. The molecule has 0 saturated heterocycles. The molecule has 0 radical (unpaired) electrons. The second-order valence-corrected chi connectivity index (χ2v) is 5.33. The van der Waals surface area contributed by atoms with Gasteiger partial charge < -0.3 is 15.3 Å². The molecule has 1 atom stereocenters. The summed E-state index contributed by atoms with van der Waals surface area (Å²) in [5.41, 5.74) is 0.0910. The number of aliphatic hydroxyl groups is 1. The minimum Gasteiger partial charge on any atom is -0.394 e. The predicted molar refractivity (Wildman–Crippen MR) is 73.4 cm³/mol. The minimum absolute atomic E-state index is 0.00394. The summed E-state index contributed by atoms with van der Waals surface area (Å²) in [6.07, 6.45) is 0. The molecule has 3 nitrogen and oxygen atoms in total. The van der Waals surface area contributed by atoms with Crippen LogP contribution >= 0.6 is 0 Å². The fourth-order valence-corrected chi connectivity index (χ4v) is 2.21. The van der Waals surface area contributed by atoms with Crippen LogP contribution in [-0.2, 0) is 0 Å². The topological polar surface area (TPSA) is 35.5 Å². The van der Waals surface area contributed by atoms with Crippen molar-refractivity contribution >= 4 is 5.69 Å². The lowest BCUT2D eigenvalue weighted by Gasteiger charge is -2.36. The van der Waals surface area contributed by atoms with Crippen molar-refractivity contribution in [2.45, 2.75) is 32.4 Å². The van der Waals surface area contributed by atoms with Crippen molar-refractivity contribution in [3.8, 4) is 0 Å². The molecule has 1 rings (SSSR count). The number of aliphatic hydroxyl groups excluding tert-OH is 1. The molecular weight excluding hydrogens is 231 g/mol. The van der Waals surface area contributed by atoms with E-state index in [0.717, 1.165) is 0 Å². The Morgan fingerprint density at radius 2 is 2.00 bits per heavy atom. The number of rotatable bonds is 6. The molecule has 0 saturated carbocycles. The van der Waals surface area contributed by atoms with Crippen LogP contribution in [0.15, 0.2) is 24.3 Å². The van der Waals surface area contributed by atoms with Gasteiger partial charge in [-0.1, -0.05) is 26.0 Å². The first kappa shape index (κ1) is 14.9. The van der Waals surface area contributed by atoms with Crippen LogP contribution in [0.1, 0.15) is 20.8 Å². The SMILES string of the molecule is CC(C)NC(C)(CO)CN(C)c1ccccc1F. The minimum atomic E-state index is -0.453. The second kappa shape index (κ2) is 6.16. The van der Waals surface area contributed by atoms with Gasteiger partial charge in [-0.25, -0.2) is 4.39 Å². The number of likely N-dealkylation sites (N-methyl/N-ethyl adjacent to an activating group) is 1. The highest BCUT2D eigenvalue weighted by atomic mass is 19.1. The van der Waals surface area contributed by atoms with E-state index in [2.05, 4.69) is 5.32 Å². The van der Waals surface area contributed by atoms with Crippen LogP contribution in [0, 0.1) is 5.82 Å². The smallest absolute Gasteiger partial charge is 0.146 e. The molecule has 0 aliphatic heterocycles. The van der Waals surface area contributed by atoms with E-state index in [9.17, 15) is 9.50 Å². The first-order valence-electron chi connectivity index (χ1n) is 6.22. The zero-order valence-corrected chi connectivity index (χ0v) is 11.6. The van der Waals surface area contributed by atoms with E-state index in [1.54, 1.807) is 18.2 Å². The van der Waals surface area contributed by atoms with Crippen LogP contribution in [-0.4, -0.2) is 36.9 Å². The Bertz CT molecular complexity index is 384. The Hall–Kier alpha value is -1.13. The van der Waals surface area contributed by atoms with E-state index in [1.807, 2.05) is 32.7 Å². The monoisotopic (exact) mass is 254 g/mol. The van der Waals surface area contributed by atoms with Crippen molar-refractivity contribution in [1.29, 1.82) is 0 Å². The maximum Gasteiger partial charge on any atom is 0.146 e. The summed E-state index contributed by atoms with van der Waals surface area (Å²) in [6, 6.07) is 6.92. The third kappa shape index (κ3) is 3.96. The molecule has 0 bridgehead atoms. The highest BCUT2D eigenvalue weighted by molar-refractivity contribution is 5.47. The van der Waals surface area contributed by atoms with E-state index < -0.39 is 5.54 Å². The molecule has 0 amide bonds. The van der Waals surface area contributed by atoms with Crippen LogP contribution in [0.2, 0.25) is 0 Å². The number of hydrogen-bond acceptors (Lipinski definition) is 3. The predicted octanol–water partition coefficient (Wildman–Crippen LogP) is 2.01. The summed E-state index contributed by atoms with van der Waals surface area (Å²) in [6.45, 7) is 6.52. The average Bonchev–Trinajstić information content (AvgIpc) is 2.28. The van der Waals surface area contributed by atoms with Crippen molar-refractivity contribution in [2.75, 3.05) is 25.1 Å². The van der Waals surface area contributed by atoms with E-state index >= 15 is 0 Å². The second-order valence-electron chi connectivity index (χ2n) is 5.33. The number of anilines is 1. The maximum atomic E-state index is 13.7. The van der Waals surface area contributed by atoms with Gasteiger partial charge in [0.2, 0.25) is 0 Å². The van der Waals surface area contributed by atoms with Crippen LogP contribution in [0.25, 0.3) is 0 Å². The third-order valence-electron chi connectivity index (χ3n) is 2.84. The summed E-state index contributed by atoms with van der Waals surface area (Å²) in [4.78, 5) is 1.82. The molecule has 102 valence electrons. The first-order valence-corrected chi connectivity index (χ1v) is 6.22. The summed E-state index contributed by atoms with van der Waals surface area (Å²) < 4.78 is 13.7. The van der Waals surface area contributed by atoms with Crippen molar-refractivity contribution in [3.05, 3.63) is 30.1 Å². The zero-order chi connectivity index (χ0) is 13.8. The molecule has 18 heavy (non-hydrogen) atoms. The van der Waals surface area contributed by atoms with E-state index in [4.69, 9.17) is 0 Å². The van der Waals surface area contributed by atoms with Gasteiger partial charge in [-0.2, -0.15) is 0 Å². The highest BCUT2D eigenvalue weighted by Gasteiger charge is 2.26. The first-order chi connectivity index (χ1) is 8.38. The van der Waals surface area contributed by atoms with E-state index in [1.165, 1.54) is 6.07 Å². The molecule has 0 aliphatic rings. The molecule has 4 heteroatoms. The number of halogens is 1. The van der Waals surface area contributed by atoms with Crippen LogP contribution in [0.5, 0.6) is 0 Å². The molecule has 0 heterocycles. The fraction of sp³-hybridized carbons (Fsp3) is 0.571. The van der Waals surface area contributed by atoms with Crippen molar-refractivity contribution in [3.63, 3.8) is 0 Å². The summed E-state index contributed by atoms with van der Waals surface area (Å²) >= 11 is 0. The highest BCUT2D eigenvalue weighted by Crippen LogP contribution is 2.19. The Morgan fingerprint density at radius 1 is 1.39 bits per heavy atom. The Labute approximate surface area is 109 Å². The number of nitrogens with one attached hydrogen (secondary N) is 1. The molecule has 1 aromatic rings. The quantitative estimate of drug-likeness (QED) is 0.815. The lowest BCUT2D eigenvalue weighted by atomic mass is 10.0. The van der Waals surface area contributed by atoms with Crippen molar-refractivity contribution < 1.29 is 9.50 Å². The van der Waals surface area contributed by atoms with Gasteiger partial charge in [0.05, 0.1) is 17.8 Å². The molecule has 2 N–H and O–H groups in total. The molecule has 0 aliphatic carbocycles. The van der Waals surface area contributed by atoms with Gasteiger partial charge in [-0.05, 0) is 19.1 Å². The molecule has 0 aromatic heterocycles. The van der Waals surface area contributed by atoms with E-state index in [0.29, 0.717) is 12.2 Å². The fourth-order valence-electron chi connectivity index (χ4n) is 2.21. The largest absolute Gasteiger partial charge is 0.394 e. The molecule has 1 aromatic carbocycles. The normalized spacial score (nSPS) is 14.6. The van der Waals surface area contributed by atoms with Gasteiger partial charge >= 0.3 is 0 Å². The van der Waals surface area contributed by atoms with Gasteiger partial charge in [0.15, 0.2) is 0 Å². The average molecular weight is 254 g/mol. The number of hydrogen-bond donors (Lipinski definition) is 2. The number of benzene rings is 1. The van der Waals surface area contributed by atoms with Crippen molar-refractivity contribution in [2.24, 2.45) is 0 Å². The van der Waals surface area contributed by atoms with Gasteiger partial charge in [-0.15, -0.1) is 0 Å². The number of para-hydroxylation sites is 1. The summed E-state index contributed by atoms with van der Waals surface area (Å²) in [5, 5.41) is 12.8. The number of nitrogens with zero attached hydrogens (tertiary/aromatic N) is 1. The Kier molecular flexibility index (Phi) is 5.11. The van der Waals surface area contributed by atoms with Crippen molar-refractivity contribution in [1.82, 2.24) is 5.32 Å². The lowest BCUT2D eigenvalue weighted by molar-refractivity contribution is 0.170. The Morgan fingerprint density at radius 3 is 2.50 bits per heavy atom. The van der Waals surface area contributed by atoms with Crippen LogP contribution in [0.3, 0.4) is 0 Å². The van der Waals surface area contributed by atoms with E-state index in [-0.39, 0.29) is 18.5 Å². The molecule has 1 unspecified atom stereocenters.